The minimum atomic E-state index is -0.518. The molecule has 0 saturated heterocycles. The van der Waals surface area contributed by atoms with Gasteiger partial charge < -0.3 is 15.8 Å². The Hall–Kier alpha value is -3.91. The summed E-state index contributed by atoms with van der Waals surface area (Å²) in [5.74, 6) is 0.397. The number of nitrogens with zero attached hydrogens (tertiary/aromatic N) is 4. The monoisotopic (exact) mass is 444 g/mol. The van der Waals surface area contributed by atoms with Crippen molar-refractivity contribution in [3.05, 3.63) is 101 Å². The Balaban J connectivity index is 1.27. The summed E-state index contributed by atoms with van der Waals surface area (Å²) in [4.78, 5) is 12.2. The lowest BCUT2D eigenvalue weighted by Gasteiger charge is -2.09. The molecule has 0 fully saturated rings. The van der Waals surface area contributed by atoms with Gasteiger partial charge in [-0.2, -0.15) is 10.2 Å². The largest absolute Gasteiger partial charge is 0.412 e. The molecule has 0 saturated carbocycles. The molecule has 1 amide bonds. The van der Waals surface area contributed by atoms with Crippen molar-refractivity contribution in [1.82, 2.24) is 24.9 Å². The number of carbonyl (C=O) groups excluding carboxylic acids is 1. The maximum Gasteiger partial charge on any atom is 0.412 e. The molecule has 170 valence electrons. The maximum absolute atomic E-state index is 12.2. The highest BCUT2D eigenvalue weighted by Crippen LogP contribution is 2.14. The SMILES string of the molecule is Cc1cnn(Cc2ccc(Cn3cc(OC(=O)NCc4ccc(CN)cc4C)cn3)cc2)c1. The van der Waals surface area contributed by atoms with Gasteiger partial charge in [0.2, 0.25) is 0 Å². The van der Waals surface area contributed by atoms with Gasteiger partial charge in [0.05, 0.1) is 31.7 Å². The van der Waals surface area contributed by atoms with Crippen LogP contribution in [-0.2, 0) is 26.2 Å². The van der Waals surface area contributed by atoms with Crippen LogP contribution in [0.4, 0.5) is 4.79 Å². The van der Waals surface area contributed by atoms with Crippen molar-refractivity contribution < 1.29 is 9.53 Å². The molecular formula is C25H28N6O2. The molecule has 0 unspecified atom stereocenters. The lowest BCUT2D eigenvalue weighted by atomic mass is 10.1. The van der Waals surface area contributed by atoms with E-state index in [1.807, 2.05) is 49.1 Å². The van der Waals surface area contributed by atoms with Gasteiger partial charge in [0, 0.05) is 19.3 Å². The van der Waals surface area contributed by atoms with E-state index >= 15 is 0 Å². The number of aryl methyl sites for hydroxylation is 2. The fourth-order valence-corrected chi connectivity index (χ4v) is 3.56. The van der Waals surface area contributed by atoms with Crippen LogP contribution in [0.3, 0.4) is 0 Å². The Labute approximate surface area is 193 Å². The fourth-order valence-electron chi connectivity index (χ4n) is 3.56. The van der Waals surface area contributed by atoms with Crippen molar-refractivity contribution in [3.8, 4) is 5.75 Å². The summed E-state index contributed by atoms with van der Waals surface area (Å²) in [6.45, 7) is 6.22. The first-order valence-corrected chi connectivity index (χ1v) is 10.8. The average Bonchev–Trinajstić information content (AvgIpc) is 3.42. The van der Waals surface area contributed by atoms with E-state index < -0.39 is 6.09 Å². The number of amides is 1. The van der Waals surface area contributed by atoms with E-state index in [4.69, 9.17) is 10.5 Å². The molecule has 0 radical (unpaired) electrons. The standard InChI is InChI=1S/C25H28N6O2/c1-18-11-28-30(14-18)15-20-3-5-21(6-4-20)16-31-17-24(13-29-31)33-25(32)27-12-23-8-7-22(10-26)9-19(23)2/h3-9,11,13-14,17H,10,12,15-16,26H2,1-2H3,(H,27,32). The van der Waals surface area contributed by atoms with Crippen LogP contribution in [0.5, 0.6) is 5.75 Å². The molecule has 4 aromatic rings. The fraction of sp³-hybridized carbons (Fsp3) is 0.240. The molecule has 2 aromatic carbocycles. The topological polar surface area (TPSA) is 100.0 Å². The summed E-state index contributed by atoms with van der Waals surface area (Å²) in [7, 11) is 0. The number of nitrogens with two attached hydrogens (primary N) is 1. The van der Waals surface area contributed by atoms with E-state index in [0.717, 1.165) is 34.4 Å². The van der Waals surface area contributed by atoms with Gasteiger partial charge in [0.1, 0.15) is 0 Å². The summed E-state index contributed by atoms with van der Waals surface area (Å²) in [5.41, 5.74) is 12.3. The van der Waals surface area contributed by atoms with Crippen LogP contribution in [0.15, 0.2) is 67.3 Å². The lowest BCUT2D eigenvalue weighted by Crippen LogP contribution is -2.26. The molecule has 0 spiro atoms. The number of rotatable bonds is 8. The van der Waals surface area contributed by atoms with Gasteiger partial charge in [0.15, 0.2) is 5.75 Å². The highest BCUT2D eigenvalue weighted by Gasteiger charge is 2.09. The van der Waals surface area contributed by atoms with Gasteiger partial charge in [-0.3, -0.25) is 9.36 Å². The molecular weight excluding hydrogens is 416 g/mol. The molecule has 33 heavy (non-hydrogen) atoms. The van der Waals surface area contributed by atoms with Gasteiger partial charge in [-0.15, -0.1) is 0 Å². The Morgan fingerprint density at radius 3 is 2.18 bits per heavy atom. The quantitative estimate of drug-likeness (QED) is 0.433. The van der Waals surface area contributed by atoms with Crippen LogP contribution in [0, 0.1) is 13.8 Å². The highest BCUT2D eigenvalue weighted by atomic mass is 16.6. The molecule has 0 atom stereocenters. The molecule has 0 aliphatic heterocycles. The number of hydrogen-bond acceptors (Lipinski definition) is 5. The maximum atomic E-state index is 12.2. The van der Waals surface area contributed by atoms with Gasteiger partial charge in [-0.05, 0) is 47.2 Å². The van der Waals surface area contributed by atoms with Crippen LogP contribution in [0.25, 0.3) is 0 Å². The summed E-state index contributed by atoms with van der Waals surface area (Å²) in [5, 5.41) is 11.4. The minimum Gasteiger partial charge on any atom is -0.407 e. The Morgan fingerprint density at radius 1 is 0.939 bits per heavy atom. The van der Waals surface area contributed by atoms with E-state index in [-0.39, 0.29) is 0 Å². The number of aromatic nitrogens is 4. The van der Waals surface area contributed by atoms with Crippen molar-refractivity contribution >= 4 is 6.09 Å². The number of hydrogen-bond donors (Lipinski definition) is 2. The third kappa shape index (κ3) is 6.08. The van der Waals surface area contributed by atoms with E-state index in [2.05, 4.69) is 39.8 Å². The Kier molecular flexibility index (Phi) is 6.85. The summed E-state index contributed by atoms with van der Waals surface area (Å²) >= 11 is 0. The summed E-state index contributed by atoms with van der Waals surface area (Å²) in [6.07, 6.45) is 6.60. The predicted molar refractivity (Wildman–Crippen MR) is 126 cm³/mol. The molecule has 0 aliphatic rings. The summed E-state index contributed by atoms with van der Waals surface area (Å²) < 4.78 is 9.02. The molecule has 0 aliphatic carbocycles. The molecule has 4 rings (SSSR count). The van der Waals surface area contributed by atoms with Crippen LogP contribution in [0.1, 0.15) is 33.4 Å². The number of ether oxygens (including phenoxy) is 1. The average molecular weight is 445 g/mol. The smallest absolute Gasteiger partial charge is 0.407 e. The molecule has 3 N–H and O–H groups in total. The van der Waals surface area contributed by atoms with Gasteiger partial charge in [-0.25, -0.2) is 4.79 Å². The van der Waals surface area contributed by atoms with Crippen LogP contribution >= 0.6 is 0 Å². The normalized spacial score (nSPS) is 10.9. The molecule has 8 heteroatoms. The zero-order chi connectivity index (χ0) is 23.2. The third-order valence-corrected chi connectivity index (χ3v) is 5.36. The van der Waals surface area contributed by atoms with E-state index in [9.17, 15) is 4.79 Å². The Bertz CT molecular complexity index is 1230. The molecule has 0 bridgehead atoms. The zero-order valence-electron chi connectivity index (χ0n) is 18.9. The van der Waals surface area contributed by atoms with Gasteiger partial charge in [-0.1, -0.05) is 42.5 Å². The summed E-state index contributed by atoms with van der Waals surface area (Å²) in [6, 6.07) is 14.3. The molecule has 8 nitrogen and oxygen atoms in total. The second kappa shape index (κ2) is 10.1. The van der Waals surface area contributed by atoms with Gasteiger partial charge >= 0.3 is 6.09 Å². The Morgan fingerprint density at radius 2 is 1.58 bits per heavy atom. The second-order valence-electron chi connectivity index (χ2n) is 8.11. The highest BCUT2D eigenvalue weighted by molar-refractivity contribution is 5.70. The second-order valence-corrected chi connectivity index (χ2v) is 8.11. The van der Waals surface area contributed by atoms with Crippen molar-refractivity contribution in [2.45, 2.75) is 40.0 Å². The van der Waals surface area contributed by atoms with Crippen LogP contribution in [0.2, 0.25) is 0 Å². The first kappa shape index (κ1) is 22.3. The molecule has 2 aromatic heterocycles. The minimum absolute atomic E-state index is 0.383. The van der Waals surface area contributed by atoms with Crippen LogP contribution in [-0.4, -0.2) is 25.7 Å². The number of nitrogens with one attached hydrogen (secondary N) is 1. The van der Waals surface area contributed by atoms with Crippen molar-refractivity contribution in [2.75, 3.05) is 0 Å². The lowest BCUT2D eigenvalue weighted by molar-refractivity contribution is 0.200. The van der Waals surface area contributed by atoms with Crippen molar-refractivity contribution in [1.29, 1.82) is 0 Å². The van der Waals surface area contributed by atoms with Crippen molar-refractivity contribution in [3.63, 3.8) is 0 Å². The molecule has 2 heterocycles. The zero-order valence-corrected chi connectivity index (χ0v) is 18.9. The number of benzene rings is 2. The van der Waals surface area contributed by atoms with E-state index in [0.29, 0.717) is 25.4 Å². The van der Waals surface area contributed by atoms with E-state index in [1.54, 1.807) is 10.9 Å². The first-order chi connectivity index (χ1) is 16.0. The van der Waals surface area contributed by atoms with Crippen LogP contribution < -0.4 is 15.8 Å². The van der Waals surface area contributed by atoms with Crippen molar-refractivity contribution in [2.24, 2.45) is 5.73 Å². The van der Waals surface area contributed by atoms with E-state index in [1.165, 1.54) is 11.8 Å². The predicted octanol–water partition coefficient (Wildman–Crippen LogP) is 3.54. The first-order valence-electron chi connectivity index (χ1n) is 10.8. The third-order valence-electron chi connectivity index (χ3n) is 5.36. The number of carbonyl (C=O) groups is 1. The van der Waals surface area contributed by atoms with Gasteiger partial charge in [0.25, 0.3) is 0 Å².